The Morgan fingerprint density at radius 1 is 1.42 bits per heavy atom. The van der Waals surface area contributed by atoms with Gasteiger partial charge in [-0.05, 0) is 38.8 Å². The Hall–Kier alpha value is -1.58. The average molecular weight is 264 g/mol. The number of hydrogen-bond donors (Lipinski definition) is 2. The highest BCUT2D eigenvalue weighted by atomic mass is 16.4. The molecule has 0 aromatic carbocycles. The van der Waals surface area contributed by atoms with Gasteiger partial charge in [-0.1, -0.05) is 26.2 Å². The quantitative estimate of drug-likeness (QED) is 0.736. The van der Waals surface area contributed by atoms with Gasteiger partial charge in [0.15, 0.2) is 0 Å². The summed E-state index contributed by atoms with van der Waals surface area (Å²) in [5, 5.41) is 12.5. The van der Waals surface area contributed by atoms with Crippen molar-refractivity contribution >= 4 is 11.8 Å². The van der Waals surface area contributed by atoms with Crippen LogP contribution in [0.2, 0.25) is 0 Å². The summed E-state index contributed by atoms with van der Waals surface area (Å²) in [6, 6.07) is 2.04. The molecule has 19 heavy (non-hydrogen) atoms. The molecule has 1 rings (SSSR count). The fourth-order valence-electron chi connectivity index (χ4n) is 2.22. The molecule has 106 valence electrons. The molecule has 2 N–H and O–H groups in total. The van der Waals surface area contributed by atoms with E-state index in [4.69, 9.17) is 0 Å². The van der Waals surface area contributed by atoms with Crippen LogP contribution in [0.5, 0.6) is 0 Å². The normalized spacial score (nSPS) is 12.2. The van der Waals surface area contributed by atoms with Gasteiger partial charge >= 0.3 is 5.97 Å². The summed E-state index contributed by atoms with van der Waals surface area (Å²) in [5.41, 5.74) is 1.88. The number of nitrogens with zero attached hydrogens (tertiary/aromatic N) is 1. The van der Waals surface area contributed by atoms with Crippen molar-refractivity contribution in [3.8, 4) is 0 Å². The molecule has 1 atom stereocenters. The van der Waals surface area contributed by atoms with E-state index in [9.17, 15) is 9.90 Å². The zero-order valence-corrected chi connectivity index (χ0v) is 12.3. The van der Waals surface area contributed by atoms with Crippen LogP contribution < -0.4 is 5.32 Å². The molecular formula is C15H24N2O2. The Bertz CT molecular complexity index is 444. The van der Waals surface area contributed by atoms with Gasteiger partial charge in [-0.25, -0.2) is 9.78 Å². The first kappa shape index (κ1) is 15.5. The number of nitrogens with one attached hydrogen (secondary N) is 1. The van der Waals surface area contributed by atoms with E-state index in [2.05, 4.69) is 24.1 Å². The number of carboxylic acid groups (broad SMARTS) is 1. The summed E-state index contributed by atoms with van der Waals surface area (Å²) in [6.07, 6.45) is 4.58. The topological polar surface area (TPSA) is 62.2 Å². The van der Waals surface area contributed by atoms with Gasteiger partial charge in [0.25, 0.3) is 0 Å². The molecule has 0 radical (unpaired) electrons. The van der Waals surface area contributed by atoms with Crippen molar-refractivity contribution in [2.75, 3.05) is 5.32 Å². The lowest BCUT2D eigenvalue weighted by molar-refractivity contribution is 0.0697. The maximum atomic E-state index is 11.3. The average Bonchev–Trinajstić information content (AvgIpc) is 2.27. The molecule has 0 aliphatic heterocycles. The van der Waals surface area contributed by atoms with E-state index in [0.717, 1.165) is 24.1 Å². The van der Waals surface area contributed by atoms with Gasteiger partial charge in [0.05, 0.1) is 0 Å². The molecule has 1 unspecified atom stereocenters. The van der Waals surface area contributed by atoms with Gasteiger partial charge in [-0.3, -0.25) is 0 Å². The largest absolute Gasteiger partial charge is 0.478 e. The van der Waals surface area contributed by atoms with Gasteiger partial charge in [0.2, 0.25) is 0 Å². The molecule has 1 heterocycles. The van der Waals surface area contributed by atoms with Crippen LogP contribution in [-0.2, 0) is 0 Å². The summed E-state index contributed by atoms with van der Waals surface area (Å²) >= 11 is 0. The van der Waals surface area contributed by atoms with Crippen molar-refractivity contribution in [3.63, 3.8) is 0 Å². The lowest BCUT2D eigenvalue weighted by Crippen LogP contribution is -2.19. The van der Waals surface area contributed by atoms with E-state index < -0.39 is 5.97 Å². The number of rotatable bonds is 7. The van der Waals surface area contributed by atoms with Gasteiger partial charge in [0.1, 0.15) is 11.4 Å². The molecule has 0 aliphatic carbocycles. The number of carboxylic acids is 1. The Balaban J connectivity index is 2.84. The Labute approximate surface area is 115 Å². The van der Waals surface area contributed by atoms with Crippen molar-refractivity contribution in [3.05, 3.63) is 22.9 Å². The SMILES string of the molecule is CCCCCC(C)Nc1nc(C)cc(C)c1C(=O)O. The summed E-state index contributed by atoms with van der Waals surface area (Å²) in [6.45, 7) is 7.93. The highest BCUT2D eigenvalue weighted by Gasteiger charge is 2.16. The Morgan fingerprint density at radius 3 is 2.68 bits per heavy atom. The molecule has 1 aromatic rings. The van der Waals surface area contributed by atoms with E-state index in [0.29, 0.717) is 5.82 Å². The van der Waals surface area contributed by atoms with E-state index in [1.165, 1.54) is 12.8 Å². The van der Waals surface area contributed by atoms with Crippen LogP contribution in [-0.4, -0.2) is 22.1 Å². The first-order chi connectivity index (χ1) is 8.95. The zero-order chi connectivity index (χ0) is 14.4. The van der Waals surface area contributed by atoms with Crippen LogP contribution >= 0.6 is 0 Å². The van der Waals surface area contributed by atoms with E-state index >= 15 is 0 Å². The predicted octanol–water partition coefficient (Wildman–Crippen LogP) is 3.78. The van der Waals surface area contributed by atoms with Crippen LogP contribution in [0.15, 0.2) is 6.07 Å². The number of hydrogen-bond acceptors (Lipinski definition) is 3. The summed E-state index contributed by atoms with van der Waals surface area (Å²) in [7, 11) is 0. The minimum Gasteiger partial charge on any atom is -0.478 e. The molecular weight excluding hydrogens is 240 g/mol. The second-order valence-corrected chi connectivity index (χ2v) is 5.15. The monoisotopic (exact) mass is 264 g/mol. The van der Waals surface area contributed by atoms with E-state index in [-0.39, 0.29) is 11.6 Å². The van der Waals surface area contributed by atoms with E-state index in [1.807, 2.05) is 13.8 Å². The van der Waals surface area contributed by atoms with Crippen LogP contribution in [0, 0.1) is 13.8 Å². The molecule has 4 nitrogen and oxygen atoms in total. The number of aromatic carboxylic acids is 1. The lowest BCUT2D eigenvalue weighted by Gasteiger charge is -2.17. The molecule has 0 bridgehead atoms. The first-order valence-corrected chi connectivity index (χ1v) is 6.93. The van der Waals surface area contributed by atoms with Gasteiger partial charge < -0.3 is 10.4 Å². The third-order valence-corrected chi connectivity index (χ3v) is 3.18. The predicted molar refractivity (Wildman–Crippen MR) is 77.9 cm³/mol. The second-order valence-electron chi connectivity index (χ2n) is 5.15. The molecule has 0 amide bonds. The van der Waals surface area contributed by atoms with Crippen LogP contribution in [0.1, 0.15) is 61.1 Å². The highest BCUT2D eigenvalue weighted by molar-refractivity contribution is 5.94. The van der Waals surface area contributed by atoms with Crippen LogP contribution in [0.25, 0.3) is 0 Å². The van der Waals surface area contributed by atoms with Crippen LogP contribution in [0.4, 0.5) is 5.82 Å². The van der Waals surface area contributed by atoms with Crippen molar-refractivity contribution in [1.29, 1.82) is 0 Å². The fraction of sp³-hybridized carbons (Fsp3) is 0.600. The van der Waals surface area contributed by atoms with Crippen molar-refractivity contribution in [2.24, 2.45) is 0 Å². The summed E-state index contributed by atoms with van der Waals surface area (Å²) in [5.74, 6) is -0.428. The fourth-order valence-corrected chi connectivity index (χ4v) is 2.22. The molecule has 1 aromatic heterocycles. The molecule has 0 saturated carbocycles. The highest BCUT2D eigenvalue weighted by Crippen LogP contribution is 2.20. The molecule has 0 spiro atoms. The third kappa shape index (κ3) is 4.54. The summed E-state index contributed by atoms with van der Waals surface area (Å²) < 4.78 is 0. The van der Waals surface area contributed by atoms with Gasteiger partial charge in [-0.15, -0.1) is 0 Å². The Morgan fingerprint density at radius 2 is 2.11 bits per heavy atom. The maximum absolute atomic E-state index is 11.3. The van der Waals surface area contributed by atoms with E-state index in [1.54, 1.807) is 6.07 Å². The number of carbonyl (C=O) groups is 1. The summed E-state index contributed by atoms with van der Waals surface area (Å²) in [4.78, 5) is 15.6. The first-order valence-electron chi connectivity index (χ1n) is 6.93. The Kier molecular flexibility index (Phi) is 5.80. The molecule has 0 aliphatic rings. The van der Waals surface area contributed by atoms with Gasteiger partial charge in [-0.2, -0.15) is 0 Å². The minimum absolute atomic E-state index is 0.235. The van der Waals surface area contributed by atoms with Crippen molar-refractivity contribution < 1.29 is 9.90 Å². The maximum Gasteiger partial charge on any atom is 0.339 e. The third-order valence-electron chi connectivity index (χ3n) is 3.18. The number of aromatic nitrogens is 1. The lowest BCUT2D eigenvalue weighted by atomic mass is 10.1. The second kappa shape index (κ2) is 7.12. The molecule has 0 saturated heterocycles. The van der Waals surface area contributed by atoms with Crippen molar-refractivity contribution in [2.45, 2.75) is 59.4 Å². The number of aryl methyl sites for hydroxylation is 2. The standard InChI is InChI=1S/C15H24N2O2/c1-5-6-7-8-11(3)16-14-13(15(18)19)10(2)9-12(4)17-14/h9,11H,5-8H2,1-4H3,(H,16,17)(H,18,19). The molecule has 4 heteroatoms. The number of pyridine rings is 1. The smallest absolute Gasteiger partial charge is 0.339 e. The van der Waals surface area contributed by atoms with Crippen molar-refractivity contribution in [1.82, 2.24) is 4.98 Å². The number of anilines is 1. The molecule has 0 fully saturated rings. The number of unbranched alkanes of at least 4 members (excludes halogenated alkanes) is 2. The minimum atomic E-state index is -0.923. The van der Waals surface area contributed by atoms with Gasteiger partial charge in [0, 0.05) is 11.7 Å². The van der Waals surface area contributed by atoms with Crippen LogP contribution in [0.3, 0.4) is 0 Å². The zero-order valence-electron chi connectivity index (χ0n) is 12.3.